The Morgan fingerprint density at radius 3 is 3.00 bits per heavy atom. The van der Waals surface area contributed by atoms with E-state index in [1.54, 1.807) is 18.2 Å². The van der Waals surface area contributed by atoms with Gasteiger partial charge in [-0.3, -0.25) is 4.79 Å². The summed E-state index contributed by atoms with van der Waals surface area (Å²) in [7, 11) is 0. The van der Waals surface area contributed by atoms with E-state index in [0.29, 0.717) is 28.5 Å². The van der Waals surface area contributed by atoms with Gasteiger partial charge in [0.05, 0.1) is 17.0 Å². The van der Waals surface area contributed by atoms with Crippen LogP contribution in [0, 0.1) is 0 Å². The van der Waals surface area contributed by atoms with E-state index in [2.05, 4.69) is 19.0 Å². The van der Waals surface area contributed by atoms with Crippen molar-refractivity contribution in [1.82, 2.24) is 4.98 Å². The van der Waals surface area contributed by atoms with Crippen molar-refractivity contribution >= 4 is 45.9 Å². The minimum atomic E-state index is -0.241. The molecule has 7 heteroatoms. The van der Waals surface area contributed by atoms with Gasteiger partial charge in [-0.1, -0.05) is 24.6 Å². The number of anilines is 1. The van der Waals surface area contributed by atoms with E-state index in [1.165, 1.54) is 0 Å². The third-order valence-corrected chi connectivity index (χ3v) is 3.74. The number of pyridine rings is 1. The summed E-state index contributed by atoms with van der Waals surface area (Å²) >= 11 is 7.06. The first-order chi connectivity index (χ1) is 10.2. The van der Waals surface area contributed by atoms with E-state index in [1.807, 2.05) is 19.1 Å². The Bertz CT molecular complexity index is 800. The average molecular weight is 319 g/mol. The maximum absolute atomic E-state index is 12.4. The van der Waals surface area contributed by atoms with Crippen LogP contribution in [-0.4, -0.2) is 10.9 Å². The first-order valence-corrected chi connectivity index (χ1v) is 7.47. The molecule has 0 saturated carbocycles. The van der Waals surface area contributed by atoms with Gasteiger partial charge in [-0.15, -0.1) is 0 Å². The van der Waals surface area contributed by atoms with E-state index >= 15 is 0 Å². The quantitative estimate of drug-likeness (QED) is 0.732. The number of nitrogens with one attached hydrogen (secondary N) is 1. The van der Waals surface area contributed by atoms with Crippen LogP contribution in [0.3, 0.4) is 0 Å². The zero-order chi connectivity index (χ0) is 14.8. The maximum atomic E-state index is 12.4. The third kappa shape index (κ3) is 2.86. The molecule has 1 aliphatic heterocycles. The fourth-order valence-corrected chi connectivity index (χ4v) is 2.74. The Morgan fingerprint density at radius 1 is 1.33 bits per heavy atom. The maximum Gasteiger partial charge on any atom is 0.255 e. The van der Waals surface area contributed by atoms with Crippen LogP contribution < -0.4 is 5.32 Å². The Morgan fingerprint density at radius 2 is 2.19 bits per heavy atom. The van der Waals surface area contributed by atoms with Crippen LogP contribution >= 0.6 is 11.6 Å². The van der Waals surface area contributed by atoms with Gasteiger partial charge in [0, 0.05) is 11.3 Å². The number of amides is 1. The van der Waals surface area contributed by atoms with Crippen LogP contribution in [0.4, 0.5) is 17.1 Å². The lowest BCUT2D eigenvalue weighted by molar-refractivity contribution is 0.102. The largest absolute Gasteiger partial charge is 0.320 e. The zero-order valence-electron chi connectivity index (χ0n) is 11.1. The Balaban J connectivity index is 1.89. The lowest BCUT2D eigenvalue weighted by Crippen LogP contribution is -2.12. The lowest BCUT2D eigenvalue weighted by atomic mass is 10.1. The fraction of sp³-hybridized carbons (Fsp3) is 0.143. The van der Waals surface area contributed by atoms with E-state index < -0.39 is 0 Å². The molecule has 1 aromatic heterocycles. The highest BCUT2D eigenvalue weighted by atomic mass is 35.5. The molecular formula is C14H11ClN4OS. The molecule has 1 aliphatic rings. The van der Waals surface area contributed by atoms with E-state index in [9.17, 15) is 4.79 Å². The van der Waals surface area contributed by atoms with Crippen molar-refractivity contribution in [1.29, 1.82) is 0 Å². The smallest absolute Gasteiger partial charge is 0.255 e. The summed E-state index contributed by atoms with van der Waals surface area (Å²) in [5.41, 5.74) is 3.34. The summed E-state index contributed by atoms with van der Waals surface area (Å²) < 4.78 is 8.34. The van der Waals surface area contributed by atoms with Gasteiger partial charge in [0.15, 0.2) is 0 Å². The predicted octanol–water partition coefficient (Wildman–Crippen LogP) is 4.28. The summed E-state index contributed by atoms with van der Waals surface area (Å²) in [4.78, 5) is 16.5. The molecule has 0 radical (unpaired) electrons. The highest BCUT2D eigenvalue weighted by Crippen LogP contribution is 2.38. The molecule has 0 atom stereocenters. The van der Waals surface area contributed by atoms with E-state index in [0.717, 1.165) is 22.7 Å². The van der Waals surface area contributed by atoms with Crippen LogP contribution in [-0.2, 0) is 17.8 Å². The molecule has 5 nitrogen and oxygen atoms in total. The summed E-state index contributed by atoms with van der Waals surface area (Å²) in [6.07, 6.45) is 0.715. The van der Waals surface area contributed by atoms with Gasteiger partial charge < -0.3 is 5.32 Å². The molecule has 0 unspecified atom stereocenters. The number of benzene rings is 1. The number of fused-ring (bicyclic) bond motifs is 1. The topological polar surface area (TPSA) is 66.7 Å². The second-order valence-corrected chi connectivity index (χ2v) is 5.33. The van der Waals surface area contributed by atoms with Crippen molar-refractivity contribution in [3.05, 3.63) is 46.7 Å². The minimum absolute atomic E-state index is 0.241. The van der Waals surface area contributed by atoms with Gasteiger partial charge in [-0.2, -0.15) is 8.73 Å². The number of nitrogens with zero attached hydrogens (tertiary/aromatic N) is 3. The molecule has 0 bridgehead atoms. The first kappa shape index (κ1) is 13.9. The van der Waals surface area contributed by atoms with Crippen LogP contribution in [0.2, 0.25) is 5.15 Å². The average Bonchev–Trinajstić information content (AvgIpc) is 2.96. The second kappa shape index (κ2) is 5.75. The van der Waals surface area contributed by atoms with Crippen molar-refractivity contribution in [2.45, 2.75) is 13.3 Å². The van der Waals surface area contributed by atoms with Gasteiger partial charge in [0.2, 0.25) is 0 Å². The van der Waals surface area contributed by atoms with Gasteiger partial charge in [-0.05, 0) is 30.7 Å². The van der Waals surface area contributed by atoms with Crippen molar-refractivity contribution in [3.63, 3.8) is 0 Å². The van der Waals surface area contributed by atoms with Crippen LogP contribution in [0.15, 0.2) is 39.1 Å². The number of hydrogen-bond donors (Lipinski definition) is 1. The van der Waals surface area contributed by atoms with Gasteiger partial charge >= 0.3 is 0 Å². The number of aryl methyl sites for hydroxylation is 1. The highest BCUT2D eigenvalue weighted by Gasteiger charge is 2.14. The molecule has 0 saturated heterocycles. The Labute approximate surface area is 130 Å². The van der Waals surface area contributed by atoms with Crippen molar-refractivity contribution < 1.29 is 4.79 Å². The van der Waals surface area contributed by atoms with E-state index in [-0.39, 0.29) is 5.91 Å². The normalized spacial score (nSPS) is 11.9. The standard InChI is InChI=1S/C14H11ClN4OS/c1-2-9-6-8(7-12(15)16-9)14(20)17-10-4-3-5-11-13(10)19-21-18-11/h3-7H,2H2,1H3,(H,17,20). The molecule has 3 rings (SSSR count). The Hall–Kier alpha value is -2.05. The zero-order valence-corrected chi connectivity index (χ0v) is 12.7. The molecule has 1 N–H and O–H groups in total. The fourth-order valence-electron chi connectivity index (χ4n) is 1.96. The van der Waals surface area contributed by atoms with Crippen LogP contribution in [0.5, 0.6) is 0 Å². The van der Waals surface area contributed by atoms with Gasteiger partial charge in [-0.25, -0.2) is 4.98 Å². The highest BCUT2D eigenvalue weighted by molar-refractivity contribution is 7.58. The minimum Gasteiger partial charge on any atom is -0.320 e. The molecule has 1 amide bonds. The van der Waals surface area contributed by atoms with Crippen molar-refractivity contribution in [3.8, 4) is 0 Å². The van der Waals surface area contributed by atoms with Gasteiger partial charge in [0.1, 0.15) is 16.5 Å². The molecule has 0 spiro atoms. The predicted molar refractivity (Wildman–Crippen MR) is 84.6 cm³/mol. The lowest BCUT2D eigenvalue weighted by Gasteiger charge is -2.08. The molecule has 2 aromatic rings. The van der Waals surface area contributed by atoms with Crippen LogP contribution in [0.1, 0.15) is 23.0 Å². The van der Waals surface area contributed by atoms with Crippen LogP contribution in [0.25, 0.3) is 0 Å². The van der Waals surface area contributed by atoms with Crippen molar-refractivity contribution in [2.75, 3.05) is 5.32 Å². The van der Waals surface area contributed by atoms with E-state index in [4.69, 9.17) is 11.6 Å². The van der Waals surface area contributed by atoms with Gasteiger partial charge in [0.25, 0.3) is 5.91 Å². The second-order valence-electron chi connectivity index (χ2n) is 4.42. The summed E-state index contributed by atoms with van der Waals surface area (Å²) in [6, 6.07) is 8.77. The number of halogens is 1. The number of carbonyl (C=O) groups is 1. The molecule has 1 aromatic carbocycles. The van der Waals surface area contributed by atoms with Crippen molar-refractivity contribution in [2.24, 2.45) is 8.73 Å². The molecule has 106 valence electrons. The molecule has 2 heterocycles. The molecular weight excluding hydrogens is 308 g/mol. The summed E-state index contributed by atoms with van der Waals surface area (Å²) in [5, 5.41) is 3.16. The third-order valence-electron chi connectivity index (χ3n) is 3.01. The summed E-state index contributed by atoms with van der Waals surface area (Å²) in [5.74, 6) is -0.241. The number of hydrogen-bond acceptors (Lipinski definition) is 4. The molecule has 0 fully saturated rings. The number of rotatable bonds is 3. The monoisotopic (exact) mass is 318 g/mol. The molecule has 21 heavy (non-hydrogen) atoms. The Kier molecular flexibility index (Phi) is 3.81. The number of aromatic nitrogens is 1. The SMILES string of the molecule is CCc1cc(C(=O)Nc2cccc3c2N=S=N3)cc(Cl)n1. The first-order valence-electron chi connectivity index (χ1n) is 6.36. The molecule has 0 aliphatic carbocycles. The summed E-state index contributed by atoms with van der Waals surface area (Å²) in [6.45, 7) is 1.96. The number of carbonyl (C=O) groups excluding carboxylic acids is 1.